The lowest BCUT2D eigenvalue weighted by molar-refractivity contribution is -0.303. The molecule has 0 saturated heterocycles. The molecule has 0 atom stereocenters. The van der Waals surface area contributed by atoms with Crippen LogP contribution >= 0.6 is 0 Å². The van der Waals surface area contributed by atoms with E-state index in [-0.39, 0.29) is 12.1 Å². The van der Waals surface area contributed by atoms with Gasteiger partial charge in [0.1, 0.15) is 6.10 Å². The number of rotatable bonds is 10. The summed E-state index contributed by atoms with van der Waals surface area (Å²) in [7, 11) is 0. The van der Waals surface area contributed by atoms with Crippen LogP contribution in [0.3, 0.4) is 0 Å². The van der Waals surface area contributed by atoms with Gasteiger partial charge in [0.05, 0.1) is 0 Å². The van der Waals surface area contributed by atoms with E-state index in [1.54, 1.807) is 0 Å². The van der Waals surface area contributed by atoms with Crippen molar-refractivity contribution < 1.29 is 14.6 Å². The highest BCUT2D eigenvalue weighted by atomic mass is 17.2. The molecule has 1 rings (SSSR count). The Kier molecular flexibility index (Phi) is 9.85. The zero-order valence-electron chi connectivity index (χ0n) is 15.9. The van der Waals surface area contributed by atoms with Crippen molar-refractivity contribution in [2.75, 3.05) is 0 Å². The summed E-state index contributed by atoms with van der Waals surface area (Å²) in [6.45, 7) is 9.02. The molecular weight excluding hydrogens is 288 g/mol. The Bertz CT molecular complexity index is 311. The summed E-state index contributed by atoms with van der Waals surface area (Å²) in [6, 6.07) is 0. The molecule has 0 spiro atoms. The van der Waals surface area contributed by atoms with Crippen molar-refractivity contribution in [2.45, 2.75) is 111 Å². The molecule has 136 valence electrons. The highest BCUT2D eigenvalue weighted by molar-refractivity contribution is 5.68. The molecule has 0 bridgehead atoms. The Labute approximate surface area is 143 Å². The van der Waals surface area contributed by atoms with E-state index >= 15 is 0 Å². The minimum Gasteiger partial charge on any atom is -0.298 e. The van der Waals surface area contributed by atoms with Crippen LogP contribution in [0, 0.1) is 11.3 Å². The second-order valence-electron chi connectivity index (χ2n) is 8.46. The Morgan fingerprint density at radius 1 is 1.00 bits per heavy atom. The van der Waals surface area contributed by atoms with E-state index < -0.39 is 0 Å². The average molecular weight is 327 g/mol. The van der Waals surface area contributed by atoms with Crippen LogP contribution in [0.1, 0.15) is 105 Å². The molecule has 0 aromatic rings. The number of carbonyl (C=O) groups is 1. The summed E-state index contributed by atoms with van der Waals surface area (Å²) in [5.41, 5.74) is 0.388. The van der Waals surface area contributed by atoms with E-state index in [2.05, 4.69) is 27.7 Å². The predicted molar refractivity (Wildman–Crippen MR) is 95.0 cm³/mol. The molecule has 0 heterocycles. The molecule has 0 aromatic carbocycles. The topological polar surface area (TPSA) is 35.5 Å². The summed E-state index contributed by atoms with van der Waals surface area (Å²) in [6.07, 6.45) is 13.5. The first-order valence-corrected chi connectivity index (χ1v) is 9.77. The van der Waals surface area contributed by atoms with E-state index in [9.17, 15) is 4.79 Å². The summed E-state index contributed by atoms with van der Waals surface area (Å²) in [4.78, 5) is 22.1. The Hall–Kier alpha value is -0.570. The van der Waals surface area contributed by atoms with Crippen LogP contribution in [-0.4, -0.2) is 12.1 Å². The van der Waals surface area contributed by atoms with E-state index in [0.717, 1.165) is 31.6 Å². The van der Waals surface area contributed by atoms with Gasteiger partial charge in [-0.15, -0.1) is 0 Å². The molecule has 1 saturated carbocycles. The van der Waals surface area contributed by atoms with Gasteiger partial charge >= 0.3 is 5.97 Å². The first-order valence-electron chi connectivity index (χ1n) is 9.77. The molecule has 0 N–H and O–H groups in total. The van der Waals surface area contributed by atoms with Crippen molar-refractivity contribution in [2.24, 2.45) is 11.3 Å². The normalized spacial score (nSPS) is 22.1. The third-order valence-corrected chi connectivity index (χ3v) is 4.84. The molecule has 1 aliphatic carbocycles. The lowest BCUT2D eigenvalue weighted by Gasteiger charge is -2.27. The van der Waals surface area contributed by atoms with Crippen LogP contribution in [0.25, 0.3) is 0 Å². The zero-order chi connectivity index (χ0) is 17.1. The molecule has 3 nitrogen and oxygen atoms in total. The minimum atomic E-state index is -0.200. The second-order valence-corrected chi connectivity index (χ2v) is 8.46. The molecule has 0 amide bonds. The molecule has 0 unspecified atom stereocenters. The van der Waals surface area contributed by atoms with Gasteiger partial charge in [-0.25, -0.2) is 4.79 Å². The zero-order valence-corrected chi connectivity index (χ0v) is 15.9. The van der Waals surface area contributed by atoms with Crippen molar-refractivity contribution in [3.05, 3.63) is 0 Å². The Balaban J connectivity index is 2.00. The van der Waals surface area contributed by atoms with Gasteiger partial charge in [-0.2, -0.15) is 4.89 Å². The maximum Gasteiger partial charge on any atom is 0.342 e. The molecule has 1 aliphatic rings. The standard InChI is InChI=1S/C20H38O3/c1-5-6-10-17-12-14-18(15-13-17)22-23-19(21)11-8-7-9-16-20(2,3)4/h17-18H,5-16H2,1-4H3. The molecular formula is C20H38O3. The fraction of sp³-hybridized carbons (Fsp3) is 0.950. The van der Waals surface area contributed by atoms with Gasteiger partial charge < -0.3 is 0 Å². The van der Waals surface area contributed by atoms with Crippen LogP contribution in [0.5, 0.6) is 0 Å². The minimum absolute atomic E-state index is 0.123. The number of unbranched alkanes of at least 4 members (excludes halogenated alkanes) is 3. The first kappa shape index (κ1) is 20.5. The van der Waals surface area contributed by atoms with Gasteiger partial charge in [-0.1, -0.05) is 59.8 Å². The summed E-state index contributed by atoms with van der Waals surface area (Å²) in [5, 5.41) is 0. The van der Waals surface area contributed by atoms with Gasteiger partial charge in [0.25, 0.3) is 0 Å². The predicted octanol–water partition coefficient (Wildman–Crippen LogP) is 6.21. The maximum absolute atomic E-state index is 11.7. The van der Waals surface area contributed by atoms with Gasteiger partial charge in [0, 0.05) is 6.42 Å². The fourth-order valence-corrected chi connectivity index (χ4v) is 3.27. The van der Waals surface area contributed by atoms with Crippen LogP contribution in [0.15, 0.2) is 0 Å². The largest absolute Gasteiger partial charge is 0.342 e. The third kappa shape index (κ3) is 10.8. The molecule has 0 aliphatic heterocycles. The summed E-state index contributed by atoms with van der Waals surface area (Å²) >= 11 is 0. The van der Waals surface area contributed by atoms with E-state index in [1.165, 1.54) is 44.9 Å². The van der Waals surface area contributed by atoms with Crippen molar-refractivity contribution in [3.63, 3.8) is 0 Å². The van der Waals surface area contributed by atoms with Crippen LogP contribution in [-0.2, 0) is 14.6 Å². The third-order valence-electron chi connectivity index (χ3n) is 4.84. The smallest absolute Gasteiger partial charge is 0.298 e. The number of carbonyl (C=O) groups excluding carboxylic acids is 1. The Morgan fingerprint density at radius 2 is 1.70 bits per heavy atom. The van der Waals surface area contributed by atoms with Crippen LogP contribution in [0.2, 0.25) is 0 Å². The van der Waals surface area contributed by atoms with Gasteiger partial charge in [-0.3, -0.25) is 4.89 Å². The van der Waals surface area contributed by atoms with Crippen LogP contribution < -0.4 is 0 Å². The molecule has 23 heavy (non-hydrogen) atoms. The van der Waals surface area contributed by atoms with Crippen molar-refractivity contribution in [3.8, 4) is 0 Å². The lowest BCUT2D eigenvalue weighted by atomic mass is 9.84. The second kappa shape index (κ2) is 11.1. The van der Waals surface area contributed by atoms with Crippen molar-refractivity contribution in [1.29, 1.82) is 0 Å². The van der Waals surface area contributed by atoms with E-state index in [4.69, 9.17) is 9.78 Å². The van der Waals surface area contributed by atoms with Gasteiger partial charge in [0.2, 0.25) is 0 Å². The first-order chi connectivity index (χ1) is 10.9. The fourth-order valence-electron chi connectivity index (χ4n) is 3.27. The molecule has 1 fully saturated rings. The van der Waals surface area contributed by atoms with E-state index in [0.29, 0.717) is 11.8 Å². The van der Waals surface area contributed by atoms with Crippen molar-refractivity contribution >= 4 is 5.97 Å². The average Bonchev–Trinajstić information content (AvgIpc) is 2.50. The van der Waals surface area contributed by atoms with Gasteiger partial charge in [-0.05, 0) is 49.9 Å². The molecule has 0 radical (unpaired) electrons. The monoisotopic (exact) mass is 326 g/mol. The SMILES string of the molecule is CCCCC1CCC(OOC(=O)CCCCCC(C)(C)C)CC1. The summed E-state index contributed by atoms with van der Waals surface area (Å²) in [5.74, 6) is 0.655. The molecule has 0 aromatic heterocycles. The highest BCUT2D eigenvalue weighted by Crippen LogP contribution is 2.30. The lowest BCUT2D eigenvalue weighted by Crippen LogP contribution is -2.23. The maximum atomic E-state index is 11.7. The summed E-state index contributed by atoms with van der Waals surface area (Å²) < 4.78 is 0. The quantitative estimate of drug-likeness (QED) is 0.272. The van der Waals surface area contributed by atoms with Crippen molar-refractivity contribution in [1.82, 2.24) is 0 Å². The van der Waals surface area contributed by atoms with Gasteiger partial charge in [0.15, 0.2) is 0 Å². The van der Waals surface area contributed by atoms with Crippen LogP contribution in [0.4, 0.5) is 0 Å². The number of hydrogen-bond acceptors (Lipinski definition) is 3. The highest BCUT2D eigenvalue weighted by Gasteiger charge is 2.23. The number of hydrogen-bond donors (Lipinski definition) is 0. The van der Waals surface area contributed by atoms with E-state index in [1.807, 2.05) is 0 Å². The molecule has 3 heteroatoms. The Morgan fingerprint density at radius 3 is 2.30 bits per heavy atom.